The van der Waals surface area contributed by atoms with E-state index >= 15 is 0 Å². The van der Waals surface area contributed by atoms with Gasteiger partial charge in [0.25, 0.3) is 0 Å². The summed E-state index contributed by atoms with van der Waals surface area (Å²) in [6.07, 6.45) is 5.39. The molecule has 0 saturated carbocycles. The van der Waals surface area contributed by atoms with Gasteiger partial charge in [0, 0.05) is 49.7 Å². The van der Waals surface area contributed by atoms with Crippen molar-refractivity contribution in [1.29, 1.82) is 0 Å². The van der Waals surface area contributed by atoms with Crippen molar-refractivity contribution < 1.29 is 13.2 Å². The van der Waals surface area contributed by atoms with Crippen molar-refractivity contribution in [3.05, 3.63) is 17.6 Å². The van der Waals surface area contributed by atoms with E-state index in [1.807, 2.05) is 13.0 Å². The van der Waals surface area contributed by atoms with Crippen molar-refractivity contribution in [3.8, 4) is 0 Å². The normalized spacial score (nSPS) is 33.0. The lowest BCUT2D eigenvalue weighted by Gasteiger charge is -2.29. The number of sulfonamides is 1. The van der Waals surface area contributed by atoms with Gasteiger partial charge in [-0.3, -0.25) is 0 Å². The van der Waals surface area contributed by atoms with Crippen LogP contribution in [0.4, 0.5) is 5.82 Å². The average molecular weight is 381 g/mol. The summed E-state index contributed by atoms with van der Waals surface area (Å²) >= 11 is 0. The van der Waals surface area contributed by atoms with Crippen LogP contribution in [0.1, 0.15) is 37.7 Å². The summed E-state index contributed by atoms with van der Waals surface area (Å²) in [5, 5.41) is 0. The fraction of sp³-hybridized carbons (Fsp3) is 0.778. The summed E-state index contributed by atoms with van der Waals surface area (Å²) in [5.74, 6) is 2.46. The Balaban J connectivity index is 1.55. The van der Waals surface area contributed by atoms with Crippen LogP contribution in [-0.4, -0.2) is 56.0 Å². The van der Waals surface area contributed by atoms with Gasteiger partial charge in [0.15, 0.2) is 0 Å². The minimum atomic E-state index is -3.18. The molecule has 0 amide bonds. The smallest absolute Gasteiger partial charge is 0.208 e. The van der Waals surface area contributed by atoms with Crippen LogP contribution in [0.3, 0.4) is 0 Å². The molecule has 4 atom stereocenters. The zero-order valence-corrected chi connectivity index (χ0v) is 16.6. The second-order valence-corrected chi connectivity index (χ2v) is 9.90. The molecule has 3 fully saturated rings. The van der Waals surface area contributed by atoms with E-state index in [1.165, 1.54) is 6.26 Å². The van der Waals surface area contributed by atoms with Gasteiger partial charge in [-0.15, -0.1) is 0 Å². The first kappa shape index (κ1) is 18.1. The quantitative estimate of drug-likeness (QED) is 0.800. The lowest BCUT2D eigenvalue weighted by atomic mass is 9.74. The highest BCUT2D eigenvalue weighted by molar-refractivity contribution is 7.88. The van der Waals surface area contributed by atoms with Crippen molar-refractivity contribution in [1.82, 2.24) is 14.7 Å². The molecule has 3 aliphatic rings. The third-order valence-corrected chi connectivity index (χ3v) is 6.74. The summed E-state index contributed by atoms with van der Waals surface area (Å²) in [6, 6.07) is 2.05. The molecule has 1 aromatic heterocycles. The number of ether oxygens (including phenoxy) is 1. The Hall–Kier alpha value is -1.25. The van der Waals surface area contributed by atoms with Crippen LogP contribution in [0.5, 0.6) is 0 Å². The van der Waals surface area contributed by atoms with E-state index in [9.17, 15) is 8.42 Å². The molecule has 8 heteroatoms. The third kappa shape index (κ3) is 3.23. The minimum Gasteiger partial charge on any atom is -0.369 e. The summed E-state index contributed by atoms with van der Waals surface area (Å²) in [7, 11) is -3.18. The van der Waals surface area contributed by atoms with Gasteiger partial charge in [0.05, 0.1) is 18.0 Å². The van der Waals surface area contributed by atoms with Crippen molar-refractivity contribution in [2.45, 2.75) is 51.2 Å². The number of nitrogens with zero attached hydrogens (tertiary/aromatic N) is 3. The van der Waals surface area contributed by atoms with Crippen molar-refractivity contribution in [3.63, 3.8) is 0 Å². The molecular formula is C18H28N4O3S. The fourth-order valence-corrected chi connectivity index (χ4v) is 5.49. The van der Waals surface area contributed by atoms with Crippen LogP contribution in [0, 0.1) is 18.8 Å². The highest BCUT2D eigenvalue weighted by Crippen LogP contribution is 2.55. The fourth-order valence-electron chi connectivity index (χ4n) is 5.00. The number of hydrogen-bond acceptors (Lipinski definition) is 6. The van der Waals surface area contributed by atoms with Gasteiger partial charge in [-0.05, 0) is 26.2 Å². The van der Waals surface area contributed by atoms with Gasteiger partial charge >= 0.3 is 0 Å². The van der Waals surface area contributed by atoms with E-state index in [1.54, 1.807) is 0 Å². The Kier molecular flexibility index (Phi) is 4.48. The van der Waals surface area contributed by atoms with Gasteiger partial charge in [-0.2, -0.15) is 0 Å². The largest absolute Gasteiger partial charge is 0.369 e. The molecule has 144 valence electrons. The van der Waals surface area contributed by atoms with Crippen LogP contribution in [0.15, 0.2) is 6.07 Å². The maximum absolute atomic E-state index is 11.5. The van der Waals surface area contributed by atoms with Gasteiger partial charge in [0.1, 0.15) is 11.6 Å². The predicted octanol–water partition coefficient (Wildman–Crippen LogP) is 1.27. The monoisotopic (exact) mass is 380 g/mol. The number of rotatable bonds is 6. The second kappa shape index (κ2) is 6.42. The molecule has 0 radical (unpaired) electrons. The lowest BCUT2D eigenvalue weighted by molar-refractivity contribution is 0.0142. The Labute approximate surface area is 155 Å². The Morgan fingerprint density at radius 2 is 2.23 bits per heavy atom. The second-order valence-electron chi connectivity index (χ2n) is 8.07. The molecule has 3 saturated heterocycles. The Morgan fingerprint density at radius 3 is 2.96 bits per heavy atom. The van der Waals surface area contributed by atoms with Crippen molar-refractivity contribution >= 4 is 15.8 Å². The molecule has 0 unspecified atom stereocenters. The van der Waals surface area contributed by atoms with E-state index in [-0.39, 0.29) is 17.6 Å². The lowest BCUT2D eigenvalue weighted by Crippen LogP contribution is -2.41. The minimum absolute atomic E-state index is 0.141. The van der Waals surface area contributed by atoms with Crippen LogP contribution in [-0.2, 0) is 21.2 Å². The van der Waals surface area contributed by atoms with Crippen LogP contribution >= 0.6 is 0 Å². The van der Waals surface area contributed by atoms with E-state index in [0.717, 1.165) is 56.1 Å². The zero-order chi connectivity index (χ0) is 18.5. The van der Waals surface area contributed by atoms with Gasteiger partial charge in [0.2, 0.25) is 10.0 Å². The van der Waals surface area contributed by atoms with Gasteiger partial charge in [-0.25, -0.2) is 23.1 Å². The standard InChI is InChI=1S/C18H28N4O3S/c1-4-5-16-20-12(2)8-17(21-16)22-10-14-13(9-19-26(3,23)24)15-6-7-18(14,11-22)25-15/h8,13-15,19H,4-7,9-11H2,1-3H3/t13-,14+,15+,18+/m0/s1. The van der Waals surface area contributed by atoms with E-state index in [4.69, 9.17) is 9.72 Å². The summed E-state index contributed by atoms with van der Waals surface area (Å²) in [5.41, 5.74) is 0.853. The summed E-state index contributed by atoms with van der Waals surface area (Å²) in [4.78, 5) is 11.6. The molecule has 0 aliphatic carbocycles. The molecule has 1 N–H and O–H groups in total. The number of hydrogen-bond donors (Lipinski definition) is 1. The molecule has 3 aliphatic heterocycles. The molecule has 4 heterocycles. The van der Waals surface area contributed by atoms with Crippen LogP contribution < -0.4 is 9.62 Å². The van der Waals surface area contributed by atoms with Crippen molar-refractivity contribution in [2.75, 3.05) is 30.8 Å². The first-order chi connectivity index (χ1) is 12.3. The molecule has 4 rings (SSSR count). The van der Waals surface area contributed by atoms with Crippen LogP contribution in [0.25, 0.3) is 0 Å². The highest BCUT2D eigenvalue weighted by Gasteiger charge is 2.63. The third-order valence-electron chi connectivity index (χ3n) is 6.05. The van der Waals surface area contributed by atoms with E-state index < -0.39 is 10.0 Å². The number of anilines is 1. The molecule has 1 aromatic rings. The molecule has 2 bridgehead atoms. The molecule has 7 nitrogen and oxygen atoms in total. The van der Waals surface area contributed by atoms with Crippen LogP contribution in [0.2, 0.25) is 0 Å². The molecular weight excluding hydrogens is 352 g/mol. The first-order valence-corrected chi connectivity index (χ1v) is 11.4. The highest BCUT2D eigenvalue weighted by atomic mass is 32.2. The topological polar surface area (TPSA) is 84.4 Å². The SMILES string of the molecule is CCCc1nc(C)cc(N2C[C@@H]3[C@H](CNS(C)(=O)=O)[C@H]4CC[C@]3(C2)O4)n1. The predicted molar refractivity (Wildman–Crippen MR) is 99.6 cm³/mol. The van der Waals surface area contributed by atoms with Crippen molar-refractivity contribution in [2.24, 2.45) is 11.8 Å². The number of aryl methyl sites for hydroxylation is 2. The van der Waals surface area contributed by atoms with Gasteiger partial charge < -0.3 is 9.64 Å². The molecule has 26 heavy (non-hydrogen) atoms. The Morgan fingerprint density at radius 1 is 1.42 bits per heavy atom. The van der Waals surface area contributed by atoms with Gasteiger partial charge in [-0.1, -0.05) is 6.92 Å². The average Bonchev–Trinajstić information content (AvgIpc) is 3.19. The first-order valence-electron chi connectivity index (χ1n) is 9.51. The number of fused-ring (bicyclic) bond motifs is 1. The molecule has 0 aromatic carbocycles. The van der Waals surface area contributed by atoms with E-state index in [2.05, 4.69) is 21.5 Å². The Bertz CT molecular complexity index is 800. The molecule has 1 spiro atoms. The number of aromatic nitrogens is 2. The summed E-state index contributed by atoms with van der Waals surface area (Å²) in [6.45, 7) is 6.32. The zero-order valence-electron chi connectivity index (χ0n) is 15.7. The number of nitrogens with one attached hydrogen (secondary N) is 1. The summed E-state index contributed by atoms with van der Waals surface area (Å²) < 4.78 is 32.2. The van der Waals surface area contributed by atoms with E-state index in [0.29, 0.717) is 12.5 Å². The maximum atomic E-state index is 11.5. The maximum Gasteiger partial charge on any atom is 0.208 e.